The average molecular weight is 224 g/mol. The minimum atomic E-state index is -0.357. The number of thioether (sulfide) groups is 1. The summed E-state index contributed by atoms with van der Waals surface area (Å²) in [5, 5.41) is 9.35. The maximum Gasteiger partial charge on any atom is 0.0761 e. The standard InChI is InChI=1S/C13H20OS/c1-3-4-5-10-15-13-8-6-12(7-9-13)11(2)14/h6-9,11,14H,3-5,10H2,1-2H3/t11-/m0/s1. The minimum absolute atomic E-state index is 0.357. The molecule has 2 heteroatoms. The van der Waals surface area contributed by atoms with Gasteiger partial charge in [-0.2, -0.15) is 0 Å². The van der Waals surface area contributed by atoms with E-state index >= 15 is 0 Å². The lowest BCUT2D eigenvalue weighted by molar-refractivity contribution is 0.199. The van der Waals surface area contributed by atoms with E-state index in [9.17, 15) is 5.11 Å². The van der Waals surface area contributed by atoms with E-state index < -0.39 is 0 Å². The summed E-state index contributed by atoms with van der Waals surface area (Å²) in [5.74, 6) is 1.20. The van der Waals surface area contributed by atoms with Crippen LogP contribution in [-0.2, 0) is 0 Å². The molecule has 0 aliphatic heterocycles. The monoisotopic (exact) mass is 224 g/mol. The predicted molar refractivity (Wildman–Crippen MR) is 67.3 cm³/mol. The molecule has 1 atom stereocenters. The van der Waals surface area contributed by atoms with Crippen LogP contribution in [0.25, 0.3) is 0 Å². The first-order valence-electron chi connectivity index (χ1n) is 5.65. The normalized spacial score (nSPS) is 12.7. The van der Waals surface area contributed by atoms with Crippen molar-refractivity contribution in [3.05, 3.63) is 29.8 Å². The van der Waals surface area contributed by atoms with Crippen LogP contribution in [0.1, 0.15) is 44.8 Å². The predicted octanol–water partition coefficient (Wildman–Crippen LogP) is 4.02. The van der Waals surface area contributed by atoms with Crippen molar-refractivity contribution in [3.8, 4) is 0 Å². The Morgan fingerprint density at radius 1 is 1.20 bits per heavy atom. The SMILES string of the molecule is CCCCCSc1ccc([C@H](C)O)cc1. The van der Waals surface area contributed by atoms with Crippen molar-refractivity contribution in [2.45, 2.75) is 44.1 Å². The molecule has 1 N–H and O–H groups in total. The highest BCUT2D eigenvalue weighted by molar-refractivity contribution is 7.99. The minimum Gasteiger partial charge on any atom is -0.389 e. The largest absolute Gasteiger partial charge is 0.389 e. The Hall–Kier alpha value is -0.470. The summed E-state index contributed by atoms with van der Waals surface area (Å²) in [5.41, 5.74) is 0.993. The molecule has 1 nitrogen and oxygen atoms in total. The lowest BCUT2D eigenvalue weighted by atomic mass is 10.1. The Balaban J connectivity index is 2.36. The third-order valence-electron chi connectivity index (χ3n) is 2.38. The van der Waals surface area contributed by atoms with Crippen LogP contribution < -0.4 is 0 Å². The van der Waals surface area contributed by atoms with Gasteiger partial charge in [0.1, 0.15) is 0 Å². The highest BCUT2D eigenvalue weighted by atomic mass is 32.2. The van der Waals surface area contributed by atoms with E-state index in [0.29, 0.717) is 0 Å². The molecule has 0 saturated heterocycles. The molecule has 0 radical (unpaired) electrons. The average Bonchev–Trinajstić information content (AvgIpc) is 2.25. The van der Waals surface area contributed by atoms with Gasteiger partial charge in [0.2, 0.25) is 0 Å². The maximum absolute atomic E-state index is 9.35. The molecular weight excluding hydrogens is 204 g/mol. The first-order valence-corrected chi connectivity index (χ1v) is 6.63. The molecule has 1 rings (SSSR count). The molecule has 0 spiro atoms. The van der Waals surface area contributed by atoms with Gasteiger partial charge in [-0.15, -0.1) is 11.8 Å². The van der Waals surface area contributed by atoms with Crippen LogP contribution in [0.15, 0.2) is 29.2 Å². The van der Waals surface area contributed by atoms with Gasteiger partial charge >= 0.3 is 0 Å². The van der Waals surface area contributed by atoms with Crippen molar-refractivity contribution >= 4 is 11.8 Å². The van der Waals surface area contributed by atoms with Crippen LogP contribution >= 0.6 is 11.8 Å². The van der Waals surface area contributed by atoms with Gasteiger partial charge in [0.25, 0.3) is 0 Å². The molecule has 0 aliphatic rings. The molecule has 0 unspecified atom stereocenters. The summed E-state index contributed by atoms with van der Waals surface area (Å²) in [6.07, 6.45) is 3.53. The van der Waals surface area contributed by atoms with Crippen LogP contribution in [0.3, 0.4) is 0 Å². The van der Waals surface area contributed by atoms with Crippen molar-refractivity contribution in [2.24, 2.45) is 0 Å². The van der Waals surface area contributed by atoms with E-state index in [-0.39, 0.29) is 6.10 Å². The molecular formula is C13H20OS. The molecule has 0 bridgehead atoms. The zero-order valence-electron chi connectivity index (χ0n) is 9.57. The first-order chi connectivity index (χ1) is 7.24. The van der Waals surface area contributed by atoms with Crippen molar-refractivity contribution in [2.75, 3.05) is 5.75 Å². The second-order valence-electron chi connectivity index (χ2n) is 3.80. The highest BCUT2D eigenvalue weighted by Gasteiger charge is 2.00. The van der Waals surface area contributed by atoms with Crippen LogP contribution in [0.2, 0.25) is 0 Å². The molecule has 0 heterocycles. The van der Waals surface area contributed by atoms with Gasteiger partial charge in [-0.25, -0.2) is 0 Å². The summed E-state index contributed by atoms with van der Waals surface area (Å²) < 4.78 is 0. The third-order valence-corrected chi connectivity index (χ3v) is 3.48. The summed E-state index contributed by atoms with van der Waals surface area (Å²) in [6.45, 7) is 4.02. The lowest BCUT2D eigenvalue weighted by Crippen LogP contribution is -1.89. The van der Waals surface area contributed by atoms with Gasteiger partial charge in [-0.1, -0.05) is 31.9 Å². The Kier molecular flexibility index (Phi) is 5.81. The third kappa shape index (κ3) is 4.72. The van der Waals surface area contributed by atoms with Crippen LogP contribution in [0.5, 0.6) is 0 Å². The highest BCUT2D eigenvalue weighted by Crippen LogP contribution is 2.22. The Bertz CT molecular complexity index is 266. The number of benzene rings is 1. The first kappa shape index (κ1) is 12.6. The number of hydrogen-bond acceptors (Lipinski definition) is 2. The second-order valence-corrected chi connectivity index (χ2v) is 4.97. The van der Waals surface area contributed by atoms with Crippen molar-refractivity contribution < 1.29 is 5.11 Å². The Labute approximate surface area is 96.9 Å². The molecule has 0 aliphatic carbocycles. The molecule has 15 heavy (non-hydrogen) atoms. The van der Waals surface area contributed by atoms with Gasteiger partial charge < -0.3 is 5.11 Å². The van der Waals surface area contributed by atoms with Crippen molar-refractivity contribution in [1.82, 2.24) is 0 Å². The fourth-order valence-corrected chi connectivity index (χ4v) is 2.30. The summed E-state index contributed by atoms with van der Waals surface area (Å²) >= 11 is 1.90. The lowest BCUT2D eigenvalue weighted by Gasteiger charge is -2.05. The number of hydrogen-bond donors (Lipinski definition) is 1. The van der Waals surface area contributed by atoms with Crippen molar-refractivity contribution in [3.63, 3.8) is 0 Å². The Morgan fingerprint density at radius 2 is 1.87 bits per heavy atom. The number of rotatable bonds is 6. The zero-order chi connectivity index (χ0) is 11.1. The van der Waals surface area contributed by atoms with E-state index in [1.54, 1.807) is 6.92 Å². The van der Waals surface area contributed by atoms with Crippen LogP contribution in [0, 0.1) is 0 Å². The number of aliphatic hydroxyl groups excluding tert-OH is 1. The van der Waals surface area contributed by atoms with Gasteiger partial charge in [0.15, 0.2) is 0 Å². The second kappa shape index (κ2) is 6.91. The van der Waals surface area contributed by atoms with E-state index in [1.807, 2.05) is 23.9 Å². The topological polar surface area (TPSA) is 20.2 Å². The summed E-state index contributed by atoms with van der Waals surface area (Å²) in [6, 6.07) is 8.21. The van der Waals surface area contributed by atoms with E-state index in [0.717, 1.165) is 5.56 Å². The molecule has 1 aromatic carbocycles. The quantitative estimate of drug-likeness (QED) is 0.581. The van der Waals surface area contributed by atoms with Gasteiger partial charge in [-0.3, -0.25) is 0 Å². The molecule has 0 amide bonds. The summed E-state index contributed by atoms with van der Waals surface area (Å²) in [4.78, 5) is 1.30. The van der Waals surface area contributed by atoms with E-state index in [1.165, 1.54) is 29.9 Å². The van der Waals surface area contributed by atoms with E-state index in [2.05, 4.69) is 19.1 Å². The molecule has 84 valence electrons. The molecule has 0 aromatic heterocycles. The molecule has 0 saturated carbocycles. The van der Waals surface area contributed by atoms with Gasteiger partial charge in [0.05, 0.1) is 6.10 Å². The van der Waals surface area contributed by atoms with Crippen LogP contribution in [0.4, 0.5) is 0 Å². The maximum atomic E-state index is 9.35. The van der Waals surface area contributed by atoms with Crippen molar-refractivity contribution in [1.29, 1.82) is 0 Å². The summed E-state index contributed by atoms with van der Waals surface area (Å²) in [7, 11) is 0. The molecule has 0 fully saturated rings. The number of aliphatic hydroxyl groups is 1. The van der Waals surface area contributed by atoms with Gasteiger partial charge in [-0.05, 0) is 36.8 Å². The number of unbranched alkanes of at least 4 members (excludes halogenated alkanes) is 2. The fourth-order valence-electron chi connectivity index (χ4n) is 1.38. The Morgan fingerprint density at radius 3 is 2.40 bits per heavy atom. The fraction of sp³-hybridized carbons (Fsp3) is 0.538. The molecule has 1 aromatic rings. The van der Waals surface area contributed by atoms with E-state index in [4.69, 9.17) is 0 Å². The van der Waals surface area contributed by atoms with Gasteiger partial charge in [0, 0.05) is 4.90 Å². The van der Waals surface area contributed by atoms with Crippen LogP contribution in [-0.4, -0.2) is 10.9 Å². The zero-order valence-corrected chi connectivity index (χ0v) is 10.4. The smallest absolute Gasteiger partial charge is 0.0761 e.